The molecular formula is C28H21ClN2O4S2. The molecule has 0 spiro atoms. The van der Waals surface area contributed by atoms with Crippen LogP contribution in [-0.4, -0.2) is 22.0 Å². The maximum absolute atomic E-state index is 13.9. The number of nitrogens with zero attached hydrogens (tertiary/aromatic N) is 1. The van der Waals surface area contributed by atoms with Crippen LogP contribution in [0.15, 0.2) is 82.6 Å². The normalized spacial score (nSPS) is 20.6. The minimum Gasteiger partial charge on any atom is -0.489 e. The molecule has 4 aromatic rings. The molecule has 1 fully saturated rings. The van der Waals surface area contributed by atoms with Gasteiger partial charge in [-0.25, -0.2) is 4.90 Å². The van der Waals surface area contributed by atoms with Crippen LogP contribution in [0.3, 0.4) is 0 Å². The van der Waals surface area contributed by atoms with Crippen molar-refractivity contribution in [1.82, 2.24) is 4.98 Å². The second-order valence-corrected chi connectivity index (χ2v) is 11.7. The molecule has 6 nitrogen and oxygen atoms in total. The van der Waals surface area contributed by atoms with Gasteiger partial charge >= 0.3 is 4.87 Å². The van der Waals surface area contributed by atoms with Crippen molar-refractivity contribution in [3.05, 3.63) is 109 Å². The lowest BCUT2D eigenvalue weighted by molar-refractivity contribution is -0.122. The monoisotopic (exact) mass is 548 g/mol. The SMILES string of the molecule is Cc1cccc(COc2ccccc2C2c3sc(=O)[nH]c3SC3C(=O)N(c4ccc(Cl)cc4)C(=O)C32)c1. The van der Waals surface area contributed by atoms with E-state index >= 15 is 0 Å². The quantitative estimate of drug-likeness (QED) is 0.320. The summed E-state index contributed by atoms with van der Waals surface area (Å²) in [6.07, 6.45) is 0. The highest BCUT2D eigenvalue weighted by Crippen LogP contribution is 2.54. The Kier molecular flexibility index (Phi) is 6.18. The van der Waals surface area contributed by atoms with Gasteiger partial charge in [-0.2, -0.15) is 0 Å². The Hall–Kier alpha value is -3.33. The third-order valence-corrected chi connectivity index (χ3v) is 9.29. The summed E-state index contributed by atoms with van der Waals surface area (Å²) < 4.78 is 6.27. The number of thiazole rings is 1. The minimum absolute atomic E-state index is 0.213. The number of aromatic amines is 1. The van der Waals surface area contributed by atoms with E-state index in [1.165, 1.54) is 16.7 Å². The molecule has 2 amide bonds. The minimum atomic E-state index is -0.684. The number of carbonyl (C=O) groups is 2. The standard InChI is InChI=1S/C28H21ClN2O4S2/c1-15-5-4-6-16(13-15)14-35-20-8-3-2-7-19(20)21-22-24(36-25-23(21)37-28(34)30-25)27(33)31(26(22)32)18-11-9-17(29)10-12-18/h2-13,21-22,24H,14H2,1H3,(H,30,34). The zero-order chi connectivity index (χ0) is 25.7. The number of amides is 2. The second kappa shape index (κ2) is 9.52. The molecule has 3 aromatic carbocycles. The lowest BCUT2D eigenvalue weighted by Crippen LogP contribution is -2.32. The number of imide groups is 1. The molecule has 0 saturated carbocycles. The number of nitrogens with one attached hydrogen (secondary N) is 1. The van der Waals surface area contributed by atoms with Crippen LogP contribution in [0.2, 0.25) is 5.02 Å². The van der Waals surface area contributed by atoms with Crippen LogP contribution in [0, 0.1) is 12.8 Å². The van der Waals surface area contributed by atoms with E-state index in [2.05, 4.69) is 11.1 Å². The van der Waals surface area contributed by atoms with Gasteiger partial charge in [-0.15, -0.1) is 0 Å². The van der Waals surface area contributed by atoms with Crippen molar-refractivity contribution >= 4 is 52.2 Å². The van der Waals surface area contributed by atoms with Crippen molar-refractivity contribution in [2.24, 2.45) is 5.92 Å². The maximum Gasteiger partial charge on any atom is 0.305 e. The fourth-order valence-electron chi connectivity index (χ4n) is 5.03. The number of rotatable bonds is 5. The van der Waals surface area contributed by atoms with Crippen LogP contribution in [0.4, 0.5) is 5.69 Å². The van der Waals surface area contributed by atoms with Crippen molar-refractivity contribution in [3.63, 3.8) is 0 Å². The number of thioether (sulfide) groups is 1. The average molecular weight is 549 g/mol. The summed E-state index contributed by atoms with van der Waals surface area (Å²) in [5.41, 5.74) is 3.43. The van der Waals surface area contributed by atoms with E-state index in [0.717, 1.165) is 32.9 Å². The lowest BCUT2D eigenvalue weighted by Gasteiger charge is -2.30. The van der Waals surface area contributed by atoms with Crippen molar-refractivity contribution in [1.29, 1.82) is 0 Å². The topological polar surface area (TPSA) is 79.5 Å². The summed E-state index contributed by atoms with van der Waals surface area (Å²) in [6.45, 7) is 2.38. The highest BCUT2D eigenvalue weighted by Gasteiger charge is 2.56. The van der Waals surface area contributed by atoms with Crippen LogP contribution >= 0.6 is 34.7 Å². The van der Waals surface area contributed by atoms with Gasteiger partial charge in [0.25, 0.3) is 0 Å². The smallest absolute Gasteiger partial charge is 0.305 e. The molecule has 186 valence electrons. The number of aryl methyl sites for hydroxylation is 1. The Labute approximate surface area is 226 Å². The zero-order valence-electron chi connectivity index (χ0n) is 19.6. The maximum atomic E-state index is 13.9. The number of hydrogen-bond donors (Lipinski definition) is 1. The summed E-state index contributed by atoms with van der Waals surface area (Å²) in [5, 5.41) is 0.483. The number of ether oxygens (including phenoxy) is 1. The molecule has 0 radical (unpaired) electrons. The summed E-state index contributed by atoms with van der Waals surface area (Å²) in [7, 11) is 0. The van der Waals surface area contributed by atoms with Crippen LogP contribution < -0.4 is 14.5 Å². The Balaban J connectivity index is 1.42. The first kappa shape index (κ1) is 24.0. The average Bonchev–Trinajstić information content (AvgIpc) is 3.38. The predicted octanol–water partition coefficient (Wildman–Crippen LogP) is 5.77. The molecule has 3 heterocycles. The largest absolute Gasteiger partial charge is 0.489 e. The summed E-state index contributed by atoms with van der Waals surface area (Å²) in [5.74, 6) is -1.17. The zero-order valence-corrected chi connectivity index (χ0v) is 22.0. The fraction of sp³-hybridized carbons (Fsp3) is 0.179. The van der Waals surface area contributed by atoms with E-state index in [9.17, 15) is 14.4 Å². The van der Waals surface area contributed by atoms with Gasteiger partial charge in [0.15, 0.2) is 0 Å². The number of carbonyl (C=O) groups excluding carboxylic acids is 2. The van der Waals surface area contributed by atoms with Gasteiger partial charge < -0.3 is 9.72 Å². The number of halogens is 1. The third-order valence-electron chi connectivity index (χ3n) is 6.64. The van der Waals surface area contributed by atoms with E-state index in [-0.39, 0.29) is 16.7 Å². The van der Waals surface area contributed by atoms with Crippen LogP contribution in [0.25, 0.3) is 0 Å². The molecule has 0 bridgehead atoms. The van der Waals surface area contributed by atoms with Crippen molar-refractivity contribution in [3.8, 4) is 5.75 Å². The van der Waals surface area contributed by atoms with E-state index in [0.29, 0.717) is 28.1 Å². The third kappa shape index (κ3) is 4.29. The first-order valence-corrected chi connectivity index (χ1v) is 13.8. The van der Waals surface area contributed by atoms with Crippen molar-refractivity contribution in [2.45, 2.75) is 29.7 Å². The fourth-order valence-corrected chi connectivity index (χ4v) is 7.66. The lowest BCUT2D eigenvalue weighted by atomic mass is 9.82. The number of para-hydroxylation sites is 1. The summed E-state index contributed by atoms with van der Waals surface area (Å²) in [6, 6.07) is 22.3. The van der Waals surface area contributed by atoms with Gasteiger partial charge in [-0.1, -0.05) is 82.7 Å². The Morgan fingerprint density at radius 2 is 1.76 bits per heavy atom. The predicted molar refractivity (Wildman–Crippen MR) is 146 cm³/mol. The molecule has 3 unspecified atom stereocenters. The van der Waals surface area contributed by atoms with E-state index in [4.69, 9.17) is 16.3 Å². The van der Waals surface area contributed by atoms with Gasteiger partial charge in [-0.05, 0) is 42.8 Å². The van der Waals surface area contributed by atoms with E-state index in [1.807, 2.05) is 49.4 Å². The summed E-state index contributed by atoms with van der Waals surface area (Å²) >= 11 is 8.37. The highest BCUT2D eigenvalue weighted by molar-refractivity contribution is 8.00. The van der Waals surface area contributed by atoms with Gasteiger partial charge in [0.1, 0.15) is 17.6 Å². The molecule has 1 saturated heterocycles. The number of hydrogen-bond acceptors (Lipinski definition) is 6. The molecular weight excluding hydrogens is 528 g/mol. The number of aromatic nitrogens is 1. The van der Waals surface area contributed by atoms with Gasteiger partial charge in [0.05, 0.1) is 16.6 Å². The molecule has 3 atom stereocenters. The summed E-state index contributed by atoms with van der Waals surface area (Å²) in [4.78, 5) is 44.5. The van der Waals surface area contributed by atoms with E-state index in [1.54, 1.807) is 24.3 Å². The first-order valence-electron chi connectivity index (χ1n) is 11.7. The Morgan fingerprint density at radius 3 is 2.54 bits per heavy atom. The second-order valence-electron chi connectivity index (χ2n) is 9.05. The van der Waals surface area contributed by atoms with Crippen molar-refractivity contribution < 1.29 is 14.3 Å². The molecule has 9 heteroatoms. The van der Waals surface area contributed by atoms with Crippen LogP contribution in [0.1, 0.15) is 27.5 Å². The molecule has 0 aliphatic carbocycles. The molecule has 37 heavy (non-hydrogen) atoms. The molecule has 1 N–H and O–H groups in total. The first-order chi connectivity index (χ1) is 17.9. The molecule has 1 aromatic heterocycles. The van der Waals surface area contributed by atoms with Crippen LogP contribution in [0.5, 0.6) is 5.75 Å². The van der Waals surface area contributed by atoms with Crippen molar-refractivity contribution in [2.75, 3.05) is 4.90 Å². The Morgan fingerprint density at radius 1 is 0.973 bits per heavy atom. The number of anilines is 1. The van der Waals surface area contributed by atoms with Gasteiger partial charge in [0, 0.05) is 21.4 Å². The molecule has 2 aliphatic rings. The molecule has 2 aliphatic heterocycles. The molecule has 6 rings (SSSR count). The number of benzene rings is 3. The van der Waals surface area contributed by atoms with Crippen LogP contribution in [-0.2, 0) is 16.2 Å². The number of fused-ring (bicyclic) bond motifs is 2. The number of H-pyrrole nitrogens is 1. The Bertz CT molecular complexity index is 1580. The van der Waals surface area contributed by atoms with Gasteiger partial charge in [-0.3, -0.25) is 14.4 Å². The van der Waals surface area contributed by atoms with Gasteiger partial charge in [0.2, 0.25) is 11.8 Å². The highest BCUT2D eigenvalue weighted by atomic mass is 35.5. The van der Waals surface area contributed by atoms with E-state index < -0.39 is 17.1 Å².